The molecule has 0 aliphatic heterocycles. The van der Waals surface area contributed by atoms with Gasteiger partial charge in [-0.3, -0.25) is 9.48 Å². The highest BCUT2D eigenvalue weighted by atomic mass is 16.1. The van der Waals surface area contributed by atoms with Gasteiger partial charge in [0.2, 0.25) is 0 Å². The normalized spacial score (nSPS) is 14.2. The molecule has 0 saturated heterocycles. The molecule has 1 aromatic carbocycles. The fourth-order valence-electron chi connectivity index (χ4n) is 1.98. The van der Waals surface area contributed by atoms with Crippen LogP contribution in [0, 0.1) is 5.92 Å². The summed E-state index contributed by atoms with van der Waals surface area (Å²) in [5.41, 5.74) is 7.71. The van der Waals surface area contributed by atoms with Crippen LogP contribution < -0.4 is 5.73 Å². The second-order valence-corrected chi connectivity index (χ2v) is 4.43. The number of aryl methyl sites for hydroxylation is 1. The molecule has 2 rings (SSSR count). The molecule has 2 unspecified atom stereocenters. The zero-order valence-corrected chi connectivity index (χ0v) is 10.6. The molecule has 0 saturated carbocycles. The molecule has 0 bridgehead atoms. The number of aromatic nitrogens is 2. The fraction of sp³-hybridized carbons (Fsp3) is 0.286. The zero-order chi connectivity index (χ0) is 13.1. The van der Waals surface area contributed by atoms with Gasteiger partial charge in [-0.15, -0.1) is 0 Å². The zero-order valence-electron chi connectivity index (χ0n) is 10.6. The summed E-state index contributed by atoms with van der Waals surface area (Å²) in [6.07, 6.45) is 1.62. The average molecular weight is 243 g/mol. The Kier molecular flexibility index (Phi) is 3.58. The van der Waals surface area contributed by atoms with Crippen molar-refractivity contribution in [3.05, 3.63) is 53.9 Å². The highest BCUT2D eigenvalue weighted by Gasteiger charge is 2.24. The highest BCUT2D eigenvalue weighted by Crippen LogP contribution is 2.22. The molecule has 0 aliphatic carbocycles. The van der Waals surface area contributed by atoms with Gasteiger partial charge in [-0.2, -0.15) is 5.10 Å². The lowest BCUT2D eigenvalue weighted by atomic mass is 9.90. The quantitative estimate of drug-likeness (QED) is 0.835. The predicted molar refractivity (Wildman–Crippen MR) is 70.1 cm³/mol. The first-order valence-corrected chi connectivity index (χ1v) is 5.94. The molecule has 1 aromatic heterocycles. The topological polar surface area (TPSA) is 60.9 Å². The number of Topliss-reactive ketones (excluding diaryl/α,β-unsaturated/α-hetero) is 1. The van der Waals surface area contributed by atoms with Gasteiger partial charge in [-0.25, -0.2) is 0 Å². The maximum atomic E-state index is 12.3. The fourth-order valence-corrected chi connectivity index (χ4v) is 1.98. The molecule has 0 radical (unpaired) electrons. The van der Waals surface area contributed by atoms with Gasteiger partial charge in [0.1, 0.15) is 5.69 Å². The molecule has 0 fully saturated rings. The molecule has 4 nitrogen and oxygen atoms in total. The summed E-state index contributed by atoms with van der Waals surface area (Å²) in [6, 6.07) is 11.1. The van der Waals surface area contributed by atoms with E-state index >= 15 is 0 Å². The van der Waals surface area contributed by atoms with E-state index in [0.717, 1.165) is 5.56 Å². The van der Waals surface area contributed by atoms with Crippen molar-refractivity contribution in [1.82, 2.24) is 9.78 Å². The number of carbonyl (C=O) groups excluding carboxylic acids is 1. The van der Waals surface area contributed by atoms with Crippen LogP contribution in [0.25, 0.3) is 0 Å². The molecule has 2 aromatic rings. The molecule has 94 valence electrons. The minimum Gasteiger partial charge on any atom is -0.323 e. The first-order chi connectivity index (χ1) is 8.61. The minimum absolute atomic E-state index is 0.0198. The van der Waals surface area contributed by atoms with Crippen molar-refractivity contribution in [2.75, 3.05) is 0 Å². The molecule has 0 spiro atoms. The van der Waals surface area contributed by atoms with Gasteiger partial charge in [-0.05, 0) is 11.6 Å². The summed E-state index contributed by atoms with van der Waals surface area (Å²) in [6.45, 7) is 1.85. The number of rotatable bonds is 4. The average Bonchev–Trinajstić information content (AvgIpc) is 2.83. The van der Waals surface area contributed by atoms with Crippen molar-refractivity contribution in [2.45, 2.75) is 13.0 Å². The molecule has 18 heavy (non-hydrogen) atoms. The Hall–Kier alpha value is -1.94. The number of ketones is 1. The number of nitrogens with zero attached hydrogens (tertiary/aromatic N) is 2. The van der Waals surface area contributed by atoms with Crippen molar-refractivity contribution in [3.63, 3.8) is 0 Å². The summed E-state index contributed by atoms with van der Waals surface area (Å²) in [4.78, 5) is 12.3. The van der Waals surface area contributed by atoms with Crippen molar-refractivity contribution in [2.24, 2.45) is 18.7 Å². The second kappa shape index (κ2) is 5.14. The van der Waals surface area contributed by atoms with Gasteiger partial charge >= 0.3 is 0 Å². The van der Waals surface area contributed by atoms with Crippen LogP contribution in [0.1, 0.15) is 29.0 Å². The van der Waals surface area contributed by atoms with Crippen LogP contribution >= 0.6 is 0 Å². The SMILES string of the molecule is CC(C(=O)c1ccnn1C)C(N)c1ccccc1. The van der Waals surface area contributed by atoms with Crippen LogP contribution in [0.15, 0.2) is 42.6 Å². The third-order valence-electron chi connectivity index (χ3n) is 3.21. The van der Waals surface area contributed by atoms with Crippen molar-refractivity contribution in [1.29, 1.82) is 0 Å². The van der Waals surface area contributed by atoms with E-state index in [2.05, 4.69) is 5.10 Å². The first kappa shape index (κ1) is 12.5. The van der Waals surface area contributed by atoms with E-state index < -0.39 is 0 Å². The van der Waals surface area contributed by atoms with Gasteiger partial charge in [0, 0.05) is 25.2 Å². The smallest absolute Gasteiger partial charge is 0.185 e. The van der Waals surface area contributed by atoms with E-state index in [1.807, 2.05) is 37.3 Å². The van der Waals surface area contributed by atoms with Gasteiger partial charge in [0.25, 0.3) is 0 Å². The summed E-state index contributed by atoms with van der Waals surface area (Å²) in [5.74, 6) is -0.255. The number of carbonyl (C=O) groups is 1. The number of nitrogens with two attached hydrogens (primary N) is 1. The minimum atomic E-state index is -0.298. The predicted octanol–water partition coefficient (Wildman–Crippen LogP) is 1.94. The van der Waals surface area contributed by atoms with Crippen molar-refractivity contribution < 1.29 is 4.79 Å². The maximum absolute atomic E-state index is 12.3. The van der Waals surface area contributed by atoms with Gasteiger partial charge in [0.15, 0.2) is 5.78 Å². The molecule has 4 heteroatoms. The Balaban J connectivity index is 2.20. The molecule has 0 amide bonds. The van der Waals surface area contributed by atoms with Crippen LogP contribution in [0.2, 0.25) is 0 Å². The lowest BCUT2D eigenvalue weighted by molar-refractivity contribution is 0.0903. The van der Waals surface area contributed by atoms with Gasteiger partial charge in [0.05, 0.1) is 0 Å². The van der Waals surface area contributed by atoms with Gasteiger partial charge < -0.3 is 5.73 Å². The molecular formula is C14H17N3O. The lowest BCUT2D eigenvalue weighted by Gasteiger charge is -2.19. The van der Waals surface area contributed by atoms with Crippen molar-refractivity contribution >= 4 is 5.78 Å². The highest BCUT2D eigenvalue weighted by molar-refractivity contribution is 5.96. The van der Waals surface area contributed by atoms with Crippen LogP contribution in [-0.4, -0.2) is 15.6 Å². The number of benzene rings is 1. The van der Waals surface area contributed by atoms with E-state index in [4.69, 9.17) is 5.73 Å². The van der Waals surface area contributed by atoms with E-state index in [-0.39, 0.29) is 17.7 Å². The third-order valence-corrected chi connectivity index (χ3v) is 3.21. The molecule has 0 aliphatic rings. The van der Waals surface area contributed by atoms with Crippen LogP contribution in [0.4, 0.5) is 0 Å². The third kappa shape index (κ3) is 2.33. The largest absolute Gasteiger partial charge is 0.323 e. The molecule has 2 atom stereocenters. The molecule has 2 N–H and O–H groups in total. The standard InChI is InChI=1S/C14H17N3O/c1-10(13(15)11-6-4-3-5-7-11)14(18)12-8-9-16-17(12)2/h3-10,13H,15H2,1-2H3. The van der Waals surface area contributed by atoms with Crippen LogP contribution in [0.3, 0.4) is 0 Å². The Morgan fingerprint density at radius 2 is 1.94 bits per heavy atom. The molecular weight excluding hydrogens is 226 g/mol. The van der Waals surface area contributed by atoms with Crippen LogP contribution in [0.5, 0.6) is 0 Å². The Bertz CT molecular complexity index is 533. The Morgan fingerprint density at radius 3 is 2.50 bits per heavy atom. The second-order valence-electron chi connectivity index (χ2n) is 4.43. The monoisotopic (exact) mass is 243 g/mol. The number of hydrogen-bond acceptors (Lipinski definition) is 3. The maximum Gasteiger partial charge on any atom is 0.185 e. The lowest BCUT2D eigenvalue weighted by Crippen LogP contribution is -2.27. The summed E-state index contributed by atoms with van der Waals surface area (Å²) in [7, 11) is 1.76. The summed E-state index contributed by atoms with van der Waals surface area (Å²) >= 11 is 0. The Morgan fingerprint density at radius 1 is 1.28 bits per heavy atom. The van der Waals surface area contributed by atoms with E-state index in [1.54, 1.807) is 24.0 Å². The van der Waals surface area contributed by atoms with Crippen LogP contribution in [-0.2, 0) is 7.05 Å². The Labute approximate surface area is 106 Å². The van der Waals surface area contributed by atoms with Crippen molar-refractivity contribution in [3.8, 4) is 0 Å². The number of hydrogen-bond donors (Lipinski definition) is 1. The summed E-state index contributed by atoms with van der Waals surface area (Å²) < 4.78 is 1.58. The van der Waals surface area contributed by atoms with Gasteiger partial charge in [-0.1, -0.05) is 37.3 Å². The first-order valence-electron chi connectivity index (χ1n) is 5.94. The molecule has 1 heterocycles. The van der Waals surface area contributed by atoms with E-state index in [9.17, 15) is 4.79 Å². The van der Waals surface area contributed by atoms with E-state index in [1.165, 1.54) is 0 Å². The summed E-state index contributed by atoms with van der Waals surface area (Å²) in [5, 5.41) is 4.01. The van der Waals surface area contributed by atoms with E-state index in [0.29, 0.717) is 5.69 Å².